The number of hydrogen-bond donors (Lipinski definition) is 0. The number of benzene rings is 1. The quantitative estimate of drug-likeness (QED) is 0.787. The monoisotopic (exact) mass is 257 g/mol. The lowest BCUT2D eigenvalue weighted by atomic mass is 10.3. The molecule has 13 heavy (non-hydrogen) atoms. The second kappa shape index (κ2) is 3.47. The van der Waals surface area contributed by atoms with Crippen molar-refractivity contribution >= 4 is 27.5 Å². The fraction of sp³-hybridized carbons (Fsp3) is 0. The summed E-state index contributed by atoms with van der Waals surface area (Å²) in [4.78, 5) is 3.84. The molecule has 66 valence electrons. The molecule has 0 atom stereocenters. The maximum absolute atomic E-state index is 6.00. The molecule has 5 heteroatoms. The molecule has 2 rings (SSSR count). The fourth-order valence-corrected chi connectivity index (χ4v) is 1.76. The topological polar surface area (TPSA) is 30.7 Å². The largest absolute Gasteiger partial charge is 0.223 e. The summed E-state index contributed by atoms with van der Waals surface area (Å²) >= 11 is 9.33. The van der Waals surface area contributed by atoms with Crippen molar-refractivity contribution in [3.05, 3.63) is 40.3 Å². The minimum Gasteiger partial charge on any atom is -0.223 e. The predicted octanol–water partition coefficient (Wildman–Crippen LogP) is 2.68. The number of rotatable bonds is 1. The zero-order valence-corrected chi connectivity index (χ0v) is 8.83. The van der Waals surface area contributed by atoms with Crippen LogP contribution in [0.5, 0.6) is 0 Å². The van der Waals surface area contributed by atoms with Gasteiger partial charge in [-0.3, -0.25) is 0 Å². The summed E-state index contributed by atoms with van der Waals surface area (Å²) in [5.41, 5.74) is 0.822. The average Bonchev–Trinajstić information content (AvgIpc) is 2.56. The molecule has 0 saturated heterocycles. The summed E-state index contributed by atoms with van der Waals surface area (Å²) in [6.45, 7) is 0. The van der Waals surface area contributed by atoms with Gasteiger partial charge in [0.05, 0.1) is 10.7 Å². The zero-order chi connectivity index (χ0) is 9.26. The SMILES string of the molecule is Clc1cc(Br)ccc1-n1cncn1. The molecule has 0 unspecified atom stereocenters. The van der Waals surface area contributed by atoms with E-state index in [0.29, 0.717) is 5.02 Å². The van der Waals surface area contributed by atoms with Gasteiger partial charge in [0.2, 0.25) is 0 Å². The van der Waals surface area contributed by atoms with Gasteiger partial charge in [-0.05, 0) is 18.2 Å². The normalized spacial score (nSPS) is 10.3. The van der Waals surface area contributed by atoms with Gasteiger partial charge in [-0.25, -0.2) is 9.67 Å². The van der Waals surface area contributed by atoms with Gasteiger partial charge in [0, 0.05) is 4.47 Å². The van der Waals surface area contributed by atoms with E-state index in [1.165, 1.54) is 6.33 Å². The lowest BCUT2D eigenvalue weighted by Gasteiger charge is -2.02. The maximum atomic E-state index is 6.00. The van der Waals surface area contributed by atoms with Crippen LogP contribution in [0.3, 0.4) is 0 Å². The summed E-state index contributed by atoms with van der Waals surface area (Å²) in [6, 6.07) is 5.60. The van der Waals surface area contributed by atoms with E-state index in [9.17, 15) is 0 Å². The van der Waals surface area contributed by atoms with Crippen LogP contribution >= 0.6 is 27.5 Å². The summed E-state index contributed by atoms with van der Waals surface area (Å²) in [6.07, 6.45) is 3.08. The van der Waals surface area contributed by atoms with Crippen LogP contribution in [0.25, 0.3) is 5.69 Å². The second-order valence-electron chi connectivity index (χ2n) is 2.44. The summed E-state index contributed by atoms with van der Waals surface area (Å²) < 4.78 is 2.57. The van der Waals surface area contributed by atoms with Crippen molar-refractivity contribution in [2.24, 2.45) is 0 Å². The molecule has 0 spiro atoms. The van der Waals surface area contributed by atoms with Gasteiger partial charge in [0.25, 0.3) is 0 Å². The Morgan fingerprint density at radius 2 is 2.23 bits per heavy atom. The molecule has 1 aromatic carbocycles. The Hall–Kier alpha value is -0.870. The first-order valence-electron chi connectivity index (χ1n) is 3.57. The number of aromatic nitrogens is 3. The molecule has 2 aromatic rings. The Morgan fingerprint density at radius 1 is 1.38 bits per heavy atom. The van der Waals surface area contributed by atoms with Crippen LogP contribution in [0.2, 0.25) is 5.02 Å². The van der Waals surface area contributed by atoms with Crippen LogP contribution in [0.1, 0.15) is 0 Å². The molecule has 0 N–H and O–H groups in total. The molecule has 0 amide bonds. The third-order valence-electron chi connectivity index (χ3n) is 1.58. The van der Waals surface area contributed by atoms with Crippen molar-refractivity contribution in [1.82, 2.24) is 14.8 Å². The molecular weight excluding hydrogens is 253 g/mol. The van der Waals surface area contributed by atoms with Crippen LogP contribution in [-0.4, -0.2) is 14.8 Å². The third-order valence-corrected chi connectivity index (χ3v) is 2.37. The van der Waals surface area contributed by atoms with Crippen molar-refractivity contribution in [3.63, 3.8) is 0 Å². The molecule has 0 fully saturated rings. The van der Waals surface area contributed by atoms with E-state index in [1.807, 2.05) is 18.2 Å². The minimum atomic E-state index is 0.639. The first-order chi connectivity index (χ1) is 6.27. The molecule has 0 saturated carbocycles. The number of nitrogens with zero attached hydrogens (tertiary/aromatic N) is 3. The molecular formula is C8H5BrClN3. The summed E-state index contributed by atoms with van der Waals surface area (Å²) in [5.74, 6) is 0. The number of halogens is 2. The summed E-state index contributed by atoms with van der Waals surface area (Å²) in [7, 11) is 0. The highest BCUT2D eigenvalue weighted by Gasteiger charge is 2.02. The lowest BCUT2D eigenvalue weighted by Crippen LogP contribution is -1.94. The van der Waals surface area contributed by atoms with E-state index in [4.69, 9.17) is 11.6 Å². The van der Waals surface area contributed by atoms with Crippen LogP contribution in [-0.2, 0) is 0 Å². The molecule has 0 aliphatic heterocycles. The minimum absolute atomic E-state index is 0.639. The second-order valence-corrected chi connectivity index (χ2v) is 3.76. The smallest absolute Gasteiger partial charge is 0.138 e. The fourth-order valence-electron chi connectivity index (χ4n) is 1.000. The van der Waals surface area contributed by atoms with Crippen molar-refractivity contribution in [2.75, 3.05) is 0 Å². The van der Waals surface area contributed by atoms with E-state index >= 15 is 0 Å². The Kier molecular flexibility index (Phi) is 2.33. The highest BCUT2D eigenvalue weighted by atomic mass is 79.9. The van der Waals surface area contributed by atoms with Gasteiger partial charge in [-0.15, -0.1) is 0 Å². The third kappa shape index (κ3) is 1.73. The lowest BCUT2D eigenvalue weighted by molar-refractivity contribution is 0.879. The Morgan fingerprint density at radius 3 is 2.85 bits per heavy atom. The van der Waals surface area contributed by atoms with Crippen LogP contribution < -0.4 is 0 Å². The molecule has 0 radical (unpaired) electrons. The highest BCUT2D eigenvalue weighted by Crippen LogP contribution is 2.23. The van der Waals surface area contributed by atoms with Crippen molar-refractivity contribution in [1.29, 1.82) is 0 Å². The molecule has 0 aliphatic rings. The van der Waals surface area contributed by atoms with Crippen LogP contribution in [0.15, 0.2) is 35.3 Å². The van der Waals surface area contributed by atoms with Gasteiger partial charge < -0.3 is 0 Å². The zero-order valence-electron chi connectivity index (χ0n) is 6.48. The Bertz CT molecular complexity index is 413. The van der Waals surface area contributed by atoms with Gasteiger partial charge in [0.1, 0.15) is 12.7 Å². The van der Waals surface area contributed by atoms with Gasteiger partial charge in [-0.2, -0.15) is 5.10 Å². The Balaban J connectivity index is 2.53. The van der Waals surface area contributed by atoms with Gasteiger partial charge >= 0.3 is 0 Å². The Labute approximate surface area is 88.5 Å². The van der Waals surface area contributed by atoms with Gasteiger partial charge in [0.15, 0.2) is 0 Å². The van der Waals surface area contributed by atoms with E-state index in [0.717, 1.165) is 10.2 Å². The standard InChI is InChI=1S/C8H5BrClN3/c9-6-1-2-8(7(10)3-6)13-5-11-4-12-13/h1-5H. The summed E-state index contributed by atoms with van der Waals surface area (Å²) in [5, 5.41) is 4.62. The average molecular weight is 259 g/mol. The van der Waals surface area contributed by atoms with Crippen LogP contribution in [0.4, 0.5) is 0 Å². The number of hydrogen-bond acceptors (Lipinski definition) is 2. The molecule has 3 nitrogen and oxygen atoms in total. The highest BCUT2D eigenvalue weighted by molar-refractivity contribution is 9.10. The molecule has 0 aliphatic carbocycles. The van der Waals surface area contributed by atoms with E-state index in [-0.39, 0.29) is 0 Å². The molecule has 1 heterocycles. The predicted molar refractivity (Wildman–Crippen MR) is 54.1 cm³/mol. The van der Waals surface area contributed by atoms with Gasteiger partial charge in [-0.1, -0.05) is 27.5 Å². The molecule has 0 bridgehead atoms. The first kappa shape index (κ1) is 8.72. The van der Waals surface area contributed by atoms with E-state index in [1.54, 1.807) is 11.0 Å². The van der Waals surface area contributed by atoms with Crippen molar-refractivity contribution < 1.29 is 0 Å². The van der Waals surface area contributed by atoms with E-state index < -0.39 is 0 Å². The van der Waals surface area contributed by atoms with Crippen molar-refractivity contribution in [3.8, 4) is 5.69 Å². The maximum Gasteiger partial charge on any atom is 0.138 e. The van der Waals surface area contributed by atoms with Crippen molar-refractivity contribution in [2.45, 2.75) is 0 Å². The first-order valence-corrected chi connectivity index (χ1v) is 4.74. The van der Waals surface area contributed by atoms with E-state index in [2.05, 4.69) is 26.0 Å². The molecule has 1 aromatic heterocycles. The van der Waals surface area contributed by atoms with Crippen LogP contribution in [0, 0.1) is 0 Å².